The van der Waals surface area contributed by atoms with Crippen LogP contribution < -0.4 is 20.1 Å². The Morgan fingerprint density at radius 1 is 1.17 bits per heavy atom. The zero-order chi connectivity index (χ0) is 21.2. The van der Waals surface area contributed by atoms with Gasteiger partial charge in [-0.25, -0.2) is 4.99 Å². The van der Waals surface area contributed by atoms with Gasteiger partial charge in [0.15, 0.2) is 17.5 Å². The van der Waals surface area contributed by atoms with Crippen LogP contribution in [0, 0.1) is 13.8 Å². The van der Waals surface area contributed by atoms with Gasteiger partial charge in [0.05, 0.1) is 26.0 Å². The van der Waals surface area contributed by atoms with E-state index >= 15 is 0 Å². The van der Waals surface area contributed by atoms with Gasteiger partial charge in [-0.15, -0.1) is 0 Å². The van der Waals surface area contributed by atoms with Crippen molar-refractivity contribution >= 4 is 5.96 Å². The number of rotatable bonds is 10. The fourth-order valence-electron chi connectivity index (χ4n) is 3.19. The minimum absolute atomic E-state index is 0.622. The lowest BCUT2D eigenvalue weighted by Crippen LogP contribution is -2.37. The zero-order valence-electron chi connectivity index (χ0n) is 18.6. The van der Waals surface area contributed by atoms with E-state index in [0.717, 1.165) is 54.8 Å². The van der Waals surface area contributed by atoms with E-state index in [1.807, 2.05) is 31.6 Å². The van der Waals surface area contributed by atoms with E-state index in [1.54, 1.807) is 7.11 Å². The van der Waals surface area contributed by atoms with Crippen molar-refractivity contribution in [3.63, 3.8) is 0 Å². The monoisotopic (exact) mass is 401 g/mol. The summed E-state index contributed by atoms with van der Waals surface area (Å²) < 4.78 is 12.9. The third-order valence-corrected chi connectivity index (χ3v) is 4.86. The number of methoxy groups -OCH3 is 1. The summed E-state index contributed by atoms with van der Waals surface area (Å²) >= 11 is 0. The van der Waals surface area contributed by atoms with Crippen molar-refractivity contribution < 1.29 is 9.47 Å². The van der Waals surface area contributed by atoms with Crippen molar-refractivity contribution in [1.29, 1.82) is 0 Å². The second-order valence-corrected chi connectivity index (χ2v) is 6.92. The summed E-state index contributed by atoms with van der Waals surface area (Å²) in [6.45, 7) is 11.1. The first kappa shape index (κ1) is 22.6. The second kappa shape index (κ2) is 11.3. The summed E-state index contributed by atoms with van der Waals surface area (Å²) in [6, 6.07) is 6.13. The molecular weight excluding hydrogens is 366 g/mol. The van der Waals surface area contributed by atoms with Gasteiger partial charge in [-0.1, -0.05) is 6.07 Å². The Kier molecular flexibility index (Phi) is 8.83. The number of hydrogen-bond donors (Lipinski definition) is 2. The summed E-state index contributed by atoms with van der Waals surface area (Å²) in [5.74, 6) is 2.41. The molecule has 0 saturated heterocycles. The number of benzene rings is 1. The lowest BCUT2D eigenvalue weighted by atomic mass is 10.1. The molecule has 0 amide bonds. The van der Waals surface area contributed by atoms with E-state index in [-0.39, 0.29) is 0 Å². The molecule has 0 aliphatic rings. The molecule has 1 aromatic carbocycles. The van der Waals surface area contributed by atoms with E-state index in [4.69, 9.17) is 14.5 Å². The second-order valence-electron chi connectivity index (χ2n) is 6.92. The van der Waals surface area contributed by atoms with Gasteiger partial charge in [-0.3, -0.25) is 4.68 Å². The van der Waals surface area contributed by atoms with Crippen molar-refractivity contribution in [1.82, 2.24) is 20.4 Å². The Bertz CT molecular complexity index is 814. The summed E-state index contributed by atoms with van der Waals surface area (Å²) in [7, 11) is 3.63. The van der Waals surface area contributed by atoms with Crippen LogP contribution in [0.1, 0.15) is 42.8 Å². The van der Waals surface area contributed by atoms with E-state index in [0.29, 0.717) is 13.2 Å². The standard InChI is InChI=1S/C22H35N5O2/c1-7-23-22(25-15-19-16(3)26-27(5)17(19)4)24-13-9-10-18-11-12-20(28-6)21(14-18)29-8-2/h11-12,14H,7-10,13,15H2,1-6H3,(H2,23,24,25). The number of aryl methyl sites for hydroxylation is 3. The molecule has 0 unspecified atom stereocenters. The molecule has 2 rings (SSSR count). The average Bonchev–Trinajstić information content (AvgIpc) is 2.95. The molecule has 0 fully saturated rings. The average molecular weight is 402 g/mol. The van der Waals surface area contributed by atoms with Gasteiger partial charge in [0, 0.05) is 31.4 Å². The van der Waals surface area contributed by atoms with Crippen molar-refractivity contribution in [3.8, 4) is 11.5 Å². The predicted molar refractivity (Wildman–Crippen MR) is 118 cm³/mol. The van der Waals surface area contributed by atoms with Crippen molar-refractivity contribution in [2.24, 2.45) is 12.0 Å². The maximum absolute atomic E-state index is 5.66. The van der Waals surface area contributed by atoms with Crippen LogP contribution in [0.25, 0.3) is 0 Å². The molecule has 2 N–H and O–H groups in total. The molecule has 0 saturated carbocycles. The number of nitrogens with one attached hydrogen (secondary N) is 2. The van der Waals surface area contributed by atoms with Gasteiger partial charge in [-0.05, 0) is 58.2 Å². The third-order valence-electron chi connectivity index (χ3n) is 4.86. The minimum atomic E-state index is 0.622. The lowest BCUT2D eigenvalue weighted by Gasteiger charge is -2.13. The highest BCUT2D eigenvalue weighted by Gasteiger charge is 2.09. The SMILES string of the molecule is CCNC(=NCc1c(C)nn(C)c1C)NCCCc1ccc(OC)c(OCC)c1. The molecule has 0 atom stereocenters. The van der Waals surface area contributed by atoms with Gasteiger partial charge in [-0.2, -0.15) is 5.10 Å². The Balaban J connectivity index is 1.90. The maximum atomic E-state index is 5.66. The number of aliphatic imine (C=N–C) groups is 1. The molecule has 160 valence electrons. The van der Waals surface area contributed by atoms with E-state index < -0.39 is 0 Å². The normalized spacial score (nSPS) is 11.4. The smallest absolute Gasteiger partial charge is 0.191 e. The van der Waals surface area contributed by atoms with E-state index in [1.165, 1.54) is 11.1 Å². The van der Waals surface area contributed by atoms with Crippen LogP contribution in [0.5, 0.6) is 11.5 Å². The molecule has 0 spiro atoms. The molecular formula is C22H35N5O2. The van der Waals surface area contributed by atoms with Crippen LogP contribution in [0.3, 0.4) is 0 Å². The summed E-state index contributed by atoms with van der Waals surface area (Å²) in [4.78, 5) is 4.73. The molecule has 2 aromatic rings. The largest absolute Gasteiger partial charge is 0.493 e. The van der Waals surface area contributed by atoms with Gasteiger partial charge in [0.2, 0.25) is 0 Å². The van der Waals surface area contributed by atoms with Gasteiger partial charge < -0.3 is 20.1 Å². The first-order valence-electron chi connectivity index (χ1n) is 10.3. The van der Waals surface area contributed by atoms with Crippen molar-refractivity contribution in [3.05, 3.63) is 40.7 Å². The fourth-order valence-corrected chi connectivity index (χ4v) is 3.19. The fraction of sp³-hybridized carbons (Fsp3) is 0.545. The first-order chi connectivity index (χ1) is 14.0. The Morgan fingerprint density at radius 2 is 1.97 bits per heavy atom. The molecule has 29 heavy (non-hydrogen) atoms. The molecule has 7 nitrogen and oxygen atoms in total. The highest BCUT2D eigenvalue weighted by atomic mass is 16.5. The quantitative estimate of drug-likeness (QED) is 0.364. The molecule has 7 heteroatoms. The number of guanidine groups is 1. The number of aromatic nitrogens is 2. The van der Waals surface area contributed by atoms with Gasteiger partial charge in [0.25, 0.3) is 0 Å². The van der Waals surface area contributed by atoms with E-state index in [2.05, 4.69) is 41.7 Å². The summed E-state index contributed by atoms with van der Waals surface area (Å²) in [5, 5.41) is 11.2. The first-order valence-corrected chi connectivity index (χ1v) is 10.3. The van der Waals surface area contributed by atoms with Crippen molar-refractivity contribution in [2.45, 2.75) is 47.1 Å². The van der Waals surface area contributed by atoms with Crippen LogP contribution in [0.4, 0.5) is 0 Å². The van der Waals surface area contributed by atoms with Crippen LogP contribution in [0.15, 0.2) is 23.2 Å². The molecule has 0 radical (unpaired) electrons. The zero-order valence-corrected chi connectivity index (χ0v) is 18.6. The molecule has 1 heterocycles. The van der Waals surface area contributed by atoms with Crippen LogP contribution >= 0.6 is 0 Å². The highest BCUT2D eigenvalue weighted by molar-refractivity contribution is 5.79. The van der Waals surface area contributed by atoms with Gasteiger partial charge in [0.1, 0.15) is 0 Å². The molecule has 0 aliphatic carbocycles. The molecule has 0 aliphatic heterocycles. The topological polar surface area (TPSA) is 72.7 Å². The number of hydrogen-bond acceptors (Lipinski definition) is 4. The van der Waals surface area contributed by atoms with Gasteiger partial charge >= 0.3 is 0 Å². The Hall–Kier alpha value is -2.70. The Morgan fingerprint density at radius 3 is 2.59 bits per heavy atom. The summed E-state index contributed by atoms with van der Waals surface area (Å²) in [6.07, 6.45) is 1.95. The third kappa shape index (κ3) is 6.41. The van der Waals surface area contributed by atoms with Crippen molar-refractivity contribution in [2.75, 3.05) is 26.8 Å². The van der Waals surface area contributed by atoms with E-state index in [9.17, 15) is 0 Å². The number of ether oxygens (including phenoxy) is 2. The highest BCUT2D eigenvalue weighted by Crippen LogP contribution is 2.28. The molecule has 0 bridgehead atoms. The number of nitrogens with zero attached hydrogens (tertiary/aromatic N) is 3. The van der Waals surface area contributed by atoms with Crippen LogP contribution in [-0.2, 0) is 20.0 Å². The lowest BCUT2D eigenvalue weighted by molar-refractivity contribution is 0.310. The maximum Gasteiger partial charge on any atom is 0.191 e. The minimum Gasteiger partial charge on any atom is -0.493 e. The molecule has 1 aromatic heterocycles. The predicted octanol–water partition coefficient (Wildman–Crippen LogP) is 3.13. The van der Waals surface area contributed by atoms with Crippen LogP contribution in [0.2, 0.25) is 0 Å². The Labute approximate surface area is 174 Å². The summed E-state index contributed by atoms with van der Waals surface area (Å²) in [5.41, 5.74) is 4.62. The van der Waals surface area contributed by atoms with Crippen LogP contribution in [-0.4, -0.2) is 42.5 Å².